The topological polar surface area (TPSA) is 88.1 Å². The van der Waals surface area contributed by atoms with Gasteiger partial charge in [-0.3, -0.25) is 15.0 Å². The lowest BCUT2D eigenvalue weighted by Crippen LogP contribution is -2.48. The summed E-state index contributed by atoms with van der Waals surface area (Å²) in [5.74, 6) is -2.75. The van der Waals surface area contributed by atoms with Gasteiger partial charge in [0.05, 0.1) is 31.2 Å². The van der Waals surface area contributed by atoms with Gasteiger partial charge in [-0.2, -0.15) is 5.01 Å². The Hall–Kier alpha value is -4.30. The molecular formula is C30H26ClFN2O5. The van der Waals surface area contributed by atoms with E-state index in [0.29, 0.717) is 21.8 Å². The fourth-order valence-corrected chi connectivity index (χ4v) is 5.87. The third-order valence-corrected chi connectivity index (χ3v) is 7.73. The highest BCUT2D eigenvalue weighted by molar-refractivity contribution is 6.30. The van der Waals surface area contributed by atoms with Crippen molar-refractivity contribution in [1.82, 2.24) is 5.01 Å². The molecule has 39 heavy (non-hydrogen) atoms. The van der Waals surface area contributed by atoms with Crippen molar-refractivity contribution in [3.63, 3.8) is 0 Å². The predicted molar refractivity (Wildman–Crippen MR) is 145 cm³/mol. The van der Waals surface area contributed by atoms with Gasteiger partial charge < -0.3 is 14.6 Å². The number of carbonyl (C=O) groups excluding carboxylic acids is 2. The van der Waals surface area contributed by atoms with E-state index in [1.165, 1.54) is 38.5 Å². The molecule has 3 unspecified atom stereocenters. The molecule has 0 saturated carbocycles. The fraction of sp³-hybridized carbons (Fsp3) is 0.200. The van der Waals surface area contributed by atoms with Crippen LogP contribution in [0.25, 0.3) is 0 Å². The van der Waals surface area contributed by atoms with Gasteiger partial charge in [-0.25, -0.2) is 4.39 Å². The van der Waals surface area contributed by atoms with Crippen molar-refractivity contribution >= 4 is 29.1 Å². The van der Waals surface area contributed by atoms with Crippen LogP contribution >= 0.6 is 11.6 Å². The number of phenolic OH excluding ortho intramolecular Hbond substituents is 1. The lowest BCUT2D eigenvalue weighted by Gasteiger charge is -2.43. The van der Waals surface area contributed by atoms with E-state index in [1.807, 2.05) is 6.08 Å². The number of amides is 2. The maximum atomic E-state index is 14.6. The molecule has 200 valence electrons. The first-order chi connectivity index (χ1) is 18.8. The monoisotopic (exact) mass is 548 g/mol. The number of phenols is 1. The third kappa shape index (κ3) is 4.12. The van der Waals surface area contributed by atoms with Crippen LogP contribution in [0, 0.1) is 11.7 Å². The Morgan fingerprint density at radius 3 is 2.26 bits per heavy atom. The standard InChI is InChI=1S/C30H26ClFN2O5/c1-4-17-5-14-23-28(36)34(33-22-12-10-21(32)11-13-22)29(37)30(23,19-6-8-20(31)9-7-19)26(17)18-15-24(38-2)27(35)25(16-18)39-3/h4-13,15-16,23,26,33,35H,1,14H2,2-3H3. The zero-order chi connectivity index (χ0) is 27.9. The molecule has 1 fully saturated rings. The first-order valence-corrected chi connectivity index (χ1v) is 12.6. The van der Waals surface area contributed by atoms with Crippen molar-refractivity contribution in [3.8, 4) is 17.2 Å². The molecule has 9 heteroatoms. The molecule has 1 saturated heterocycles. The van der Waals surface area contributed by atoms with Gasteiger partial charge in [-0.15, -0.1) is 0 Å². The minimum Gasteiger partial charge on any atom is -0.502 e. The summed E-state index contributed by atoms with van der Waals surface area (Å²) in [5.41, 5.74) is 3.74. The van der Waals surface area contributed by atoms with Crippen molar-refractivity contribution in [2.24, 2.45) is 5.92 Å². The lowest BCUT2D eigenvalue weighted by molar-refractivity contribution is -0.138. The molecule has 3 aromatic carbocycles. The Morgan fingerprint density at radius 1 is 1.08 bits per heavy atom. The lowest BCUT2D eigenvalue weighted by atomic mass is 9.56. The van der Waals surface area contributed by atoms with Gasteiger partial charge in [0.25, 0.3) is 11.8 Å². The number of carbonyl (C=O) groups is 2. The van der Waals surface area contributed by atoms with E-state index in [1.54, 1.807) is 42.5 Å². The number of hydrogen-bond donors (Lipinski definition) is 2. The molecule has 1 heterocycles. The summed E-state index contributed by atoms with van der Waals surface area (Å²) < 4.78 is 24.4. The van der Waals surface area contributed by atoms with Gasteiger partial charge in [0.15, 0.2) is 11.5 Å². The van der Waals surface area contributed by atoms with Crippen LogP contribution in [0.1, 0.15) is 23.5 Å². The summed E-state index contributed by atoms with van der Waals surface area (Å²) in [6.45, 7) is 3.99. The molecule has 0 spiro atoms. The van der Waals surface area contributed by atoms with Gasteiger partial charge in [-0.1, -0.05) is 42.5 Å². The second-order valence-corrected chi connectivity index (χ2v) is 9.81. The van der Waals surface area contributed by atoms with E-state index in [-0.39, 0.29) is 23.7 Å². The van der Waals surface area contributed by atoms with Crippen LogP contribution in [0.2, 0.25) is 5.02 Å². The molecular weight excluding hydrogens is 523 g/mol. The fourth-order valence-electron chi connectivity index (χ4n) is 5.74. The number of hydrazine groups is 1. The summed E-state index contributed by atoms with van der Waals surface area (Å²) in [7, 11) is 2.83. The van der Waals surface area contributed by atoms with Crippen molar-refractivity contribution in [2.75, 3.05) is 19.6 Å². The third-order valence-electron chi connectivity index (χ3n) is 7.48. The Balaban J connectivity index is 1.76. The number of nitrogens with one attached hydrogen (secondary N) is 1. The van der Waals surface area contributed by atoms with Crippen LogP contribution in [-0.4, -0.2) is 36.1 Å². The molecule has 5 rings (SSSR count). The SMILES string of the molecule is C=CC1=CCC2C(=O)N(Nc3ccc(F)cc3)C(=O)C2(c2ccc(Cl)cc2)C1c1cc(OC)c(O)c(OC)c1. The van der Waals surface area contributed by atoms with Gasteiger partial charge in [0.2, 0.25) is 5.75 Å². The number of benzene rings is 3. The number of ether oxygens (including phenoxy) is 2. The second kappa shape index (κ2) is 10.1. The maximum Gasteiger partial charge on any atom is 0.260 e. The smallest absolute Gasteiger partial charge is 0.260 e. The molecule has 3 aromatic rings. The summed E-state index contributed by atoms with van der Waals surface area (Å²) in [4.78, 5) is 28.5. The number of aromatic hydroxyl groups is 1. The summed E-state index contributed by atoms with van der Waals surface area (Å²) in [6, 6.07) is 15.5. The van der Waals surface area contributed by atoms with Crippen LogP contribution in [0.5, 0.6) is 17.2 Å². The Kier molecular flexibility index (Phi) is 6.82. The molecule has 7 nitrogen and oxygen atoms in total. The maximum absolute atomic E-state index is 14.6. The number of imide groups is 1. The molecule has 3 atom stereocenters. The quantitative estimate of drug-likeness (QED) is 0.365. The zero-order valence-corrected chi connectivity index (χ0v) is 22.0. The van der Waals surface area contributed by atoms with Gasteiger partial charge in [0.1, 0.15) is 5.82 Å². The molecule has 2 N–H and O–H groups in total. The van der Waals surface area contributed by atoms with Crippen LogP contribution in [0.4, 0.5) is 10.1 Å². The highest BCUT2D eigenvalue weighted by Crippen LogP contribution is 2.58. The van der Waals surface area contributed by atoms with E-state index in [2.05, 4.69) is 12.0 Å². The average Bonchev–Trinajstić information content (AvgIpc) is 3.16. The number of rotatable bonds is 7. The van der Waals surface area contributed by atoms with Crippen molar-refractivity contribution in [1.29, 1.82) is 0 Å². The van der Waals surface area contributed by atoms with Crippen molar-refractivity contribution in [2.45, 2.75) is 17.8 Å². The average molecular weight is 549 g/mol. The molecule has 1 aliphatic carbocycles. The van der Waals surface area contributed by atoms with E-state index in [4.69, 9.17) is 21.1 Å². The largest absolute Gasteiger partial charge is 0.502 e. The molecule has 2 aliphatic rings. The van der Waals surface area contributed by atoms with Gasteiger partial charge in [-0.05, 0) is 71.7 Å². The van der Waals surface area contributed by atoms with Crippen LogP contribution in [0.3, 0.4) is 0 Å². The van der Waals surface area contributed by atoms with Crippen LogP contribution in [0.15, 0.2) is 85.0 Å². The Bertz CT molecular complexity index is 1460. The molecule has 1 aliphatic heterocycles. The van der Waals surface area contributed by atoms with Crippen LogP contribution < -0.4 is 14.9 Å². The first-order valence-electron chi connectivity index (χ1n) is 12.2. The predicted octanol–water partition coefficient (Wildman–Crippen LogP) is 5.75. The number of nitrogens with zero attached hydrogens (tertiary/aromatic N) is 1. The highest BCUT2D eigenvalue weighted by Gasteiger charge is 2.66. The number of hydrogen-bond acceptors (Lipinski definition) is 6. The molecule has 0 radical (unpaired) electrons. The van der Waals surface area contributed by atoms with E-state index < -0.39 is 34.9 Å². The molecule has 2 amide bonds. The van der Waals surface area contributed by atoms with E-state index in [9.17, 15) is 19.1 Å². The number of fused-ring (bicyclic) bond motifs is 1. The summed E-state index contributed by atoms with van der Waals surface area (Å²) in [5, 5.41) is 12.1. The Labute approximate surface area is 230 Å². The molecule has 0 aromatic heterocycles. The second-order valence-electron chi connectivity index (χ2n) is 9.38. The number of halogens is 2. The summed E-state index contributed by atoms with van der Waals surface area (Å²) in [6.07, 6.45) is 3.84. The highest BCUT2D eigenvalue weighted by atomic mass is 35.5. The van der Waals surface area contributed by atoms with Crippen LogP contribution in [-0.2, 0) is 15.0 Å². The van der Waals surface area contributed by atoms with Gasteiger partial charge in [0, 0.05) is 10.9 Å². The number of methoxy groups -OCH3 is 2. The van der Waals surface area contributed by atoms with Gasteiger partial charge >= 0.3 is 0 Å². The summed E-state index contributed by atoms with van der Waals surface area (Å²) >= 11 is 6.22. The van der Waals surface area contributed by atoms with E-state index in [0.717, 1.165) is 10.6 Å². The minimum atomic E-state index is -1.42. The van der Waals surface area contributed by atoms with E-state index >= 15 is 0 Å². The first kappa shape index (κ1) is 26.3. The number of allylic oxidation sites excluding steroid dienone is 3. The van der Waals surface area contributed by atoms with Crippen molar-refractivity contribution < 1.29 is 28.6 Å². The van der Waals surface area contributed by atoms with Crippen molar-refractivity contribution in [3.05, 3.63) is 107 Å². The number of anilines is 1. The normalized spacial score (nSPS) is 22.3. The zero-order valence-electron chi connectivity index (χ0n) is 21.3. The minimum absolute atomic E-state index is 0.152. The molecule has 0 bridgehead atoms. The Morgan fingerprint density at radius 2 is 1.69 bits per heavy atom.